The fraction of sp³-hybridized carbons (Fsp3) is 1.00. The lowest BCUT2D eigenvalue weighted by Gasteiger charge is -2.25. The first-order valence-corrected chi connectivity index (χ1v) is 7.07. The number of aliphatic hydroxyl groups is 1. The van der Waals surface area contributed by atoms with Crippen LogP contribution in [0.25, 0.3) is 0 Å². The normalized spacial score (nSPS) is 21.9. The minimum atomic E-state index is -0.513. The zero-order valence-corrected chi connectivity index (χ0v) is 11.1. The smallest absolute Gasteiger partial charge is 0.0743 e. The summed E-state index contributed by atoms with van der Waals surface area (Å²) in [6, 6.07) is 0. The second kappa shape index (κ2) is 7.29. The van der Waals surface area contributed by atoms with Gasteiger partial charge in [0.2, 0.25) is 0 Å². The van der Waals surface area contributed by atoms with Gasteiger partial charge in [-0.15, -0.1) is 0 Å². The van der Waals surface area contributed by atoms with E-state index in [0.717, 1.165) is 31.8 Å². The van der Waals surface area contributed by atoms with Crippen LogP contribution in [0.5, 0.6) is 0 Å². The predicted octanol–water partition coefficient (Wildman–Crippen LogP) is 3.10. The van der Waals surface area contributed by atoms with E-state index in [-0.39, 0.29) is 0 Å². The van der Waals surface area contributed by atoms with Crippen LogP contribution in [0.3, 0.4) is 0 Å². The van der Waals surface area contributed by atoms with Gasteiger partial charge in [-0.05, 0) is 32.2 Å². The van der Waals surface area contributed by atoms with Crippen molar-refractivity contribution in [2.75, 3.05) is 13.1 Å². The third-order valence-corrected chi connectivity index (χ3v) is 3.75. The Morgan fingerprint density at radius 1 is 1.25 bits per heavy atom. The maximum Gasteiger partial charge on any atom is 0.0743 e. The Kier molecular flexibility index (Phi) is 6.37. The van der Waals surface area contributed by atoms with Gasteiger partial charge >= 0.3 is 0 Å². The third kappa shape index (κ3) is 5.86. The third-order valence-electron chi connectivity index (χ3n) is 3.75. The number of rotatable bonds is 7. The molecule has 1 saturated carbocycles. The Morgan fingerprint density at radius 3 is 2.56 bits per heavy atom. The largest absolute Gasteiger partial charge is 0.389 e. The van der Waals surface area contributed by atoms with Gasteiger partial charge < -0.3 is 10.4 Å². The molecule has 0 bridgehead atoms. The standard InChI is InChI=1S/C14H29NO/c1-3-10-14(2,16)12-15-11-9-13-7-5-4-6-8-13/h13,15-16H,3-12H2,1-2H3. The molecule has 0 saturated heterocycles. The first-order valence-electron chi connectivity index (χ1n) is 7.07. The van der Waals surface area contributed by atoms with Crippen LogP contribution < -0.4 is 5.32 Å². The summed E-state index contributed by atoms with van der Waals surface area (Å²) < 4.78 is 0. The lowest BCUT2D eigenvalue weighted by atomic mass is 9.87. The lowest BCUT2D eigenvalue weighted by molar-refractivity contribution is 0.0498. The molecule has 2 nitrogen and oxygen atoms in total. The molecule has 0 amide bonds. The van der Waals surface area contributed by atoms with Gasteiger partial charge in [-0.1, -0.05) is 45.4 Å². The monoisotopic (exact) mass is 227 g/mol. The summed E-state index contributed by atoms with van der Waals surface area (Å²) in [4.78, 5) is 0. The molecule has 0 aliphatic heterocycles. The Labute approximate surface area is 101 Å². The molecular weight excluding hydrogens is 198 g/mol. The van der Waals surface area contributed by atoms with Gasteiger partial charge in [-0.25, -0.2) is 0 Å². The zero-order valence-electron chi connectivity index (χ0n) is 11.1. The summed E-state index contributed by atoms with van der Waals surface area (Å²) in [5, 5.41) is 13.4. The predicted molar refractivity (Wildman–Crippen MR) is 69.6 cm³/mol. The molecule has 1 aliphatic rings. The van der Waals surface area contributed by atoms with E-state index in [9.17, 15) is 5.11 Å². The minimum Gasteiger partial charge on any atom is -0.389 e. The summed E-state index contributed by atoms with van der Waals surface area (Å²) >= 11 is 0. The topological polar surface area (TPSA) is 32.3 Å². The van der Waals surface area contributed by atoms with Crippen LogP contribution in [-0.2, 0) is 0 Å². The lowest BCUT2D eigenvalue weighted by Crippen LogP contribution is -2.38. The zero-order chi connectivity index (χ0) is 11.9. The fourth-order valence-corrected chi connectivity index (χ4v) is 2.77. The summed E-state index contributed by atoms with van der Waals surface area (Å²) in [6.45, 7) is 5.87. The van der Waals surface area contributed by atoms with Crippen molar-refractivity contribution in [3.05, 3.63) is 0 Å². The highest BCUT2D eigenvalue weighted by atomic mass is 16.3. The van der Waals surface area contributed by atoms with Crippen molar-refractivity contribution in [3.8, 4) is 0 Å². The minimum absolute atomic E-state index is 0.513. The number of hydrogen-bond donors (Lipinski definition) is 2. The highest BCUT2D eigenvalue weighted by Gasteiger charge is 2.18. The van der Waals surface area contributed by atoms with Crippen molar-refractivity contribution >= 4 is 0 Å². The van der Waals surface area contributed by atoms with E-state index < -0.39 is 5.60 Å². The second-order valence-corrected chi connectivity index (χ2v) is 5.72. The van der Waals surface area contributed by atoms with Crippen LogP contribution >= 0.6 is 0 Å². The summed E-state index contributed by atoms with van der Waals surface area (Å²) in [7, 11) is 0. The van der Waals surface area contributed by atoms with Crippen molar-refractivity contribution in [2.24, 2.45) is 5.92 Å². The maximum absolute atomic E-state index is 9.99. The molecule has 1 unspecified atom stereocenters. The molecule has 0 aromatic rings. The van der Waals surface area contributed by atoms with E-state index in [1.165, 1.54) is 38.5 Å². The fourth-order valence-electron chi connectivity index (χ4n) is 2.77. The molecule has 1 rings (SSSR count). The van der Waals surface area contributed by atoms with Gasteiger partial charge in [0.25, 0.3) is 0 Å². The Balaban J connectivity index is 2.02. The maximum atomic E-state index is 9.99. The number of hydrogen-bond acceptors (Lipinski definition) is 2. The van der Waals surface area contributed by atoms with Crippen LogP contribution in [0.2, 0.25) is 0 Å². The Hall–Kier alpha value is -0.0800. The summed E-state index contributed by atoms with van der Waals surface area (Å²) in [5.41, 5.74) is -0.513. The van der Waals surface area contributed by atoms with Crippen molar-refractivity contribution in [3.63, 3.8) is 0 Å². The van der Waals surface area contributed by atoms with Crippen LogP contribution in [0, 0.1) is 5.92 Å². The highest BCUT2D eigenvalue weighted by molar-refractivity contribution is 4.75. The van der Waals surface area contributed by atoms with Gasteiger partial charge in [-0.3, -0.25) is 0 Å². The van der Waals surface area contributed by atoms with Crippen molar-refractivity contribution in [1.82, 2.24) is 5.32 Å². The van der Waals surface area contributed by atoms with Gasteiger partial charge in [0, 0.05) is 6.54 Å². The second-order valence-electron chi connectivity index (χ2n) is 5.72. The SMILES string of the molecule is CCCC(C)(O)CNCCC1CCCCC1. The molecule has 2 heteroatoms. The molecule has 96 valence electrons. The molecule has 2 N–H and O–H groups in total. The summed E-state index contributed by atoms with van der Waals surface area (Å²) in [6.07, 6.45) is 10.4. The molecule has 1 fully saturated rings. The quantitative estimate of drug-likeness (QED) is 0.655. The average Bonchev–Trinajstić information content (AvgIpc) is 2.26. The molecule has 1 aliphatic carbocycles. The molecule has 0 spiro atoms. The van der Waals surface area contributed by atoms with Crippen molar-refractivity contribution < 1.29 is 5.11 Å². The molecule has 0 aromatic heterocycles. The summed E-state index contributed by atoms with van der Waals surface area (Å²) in [5.74, 6) is 0.942. The van der Waals surface area contributed by atoms with Gasteiger partial charge in [0.15, 0.2) is 0 Å². The van der Waals surface area contributed by atoms with Crippen LogP contribution in [0.4, 0.5) is 0 Å². The molecule has 0 heterocycles. The first kappa shape index (κ1) is 14.0. The van der Waals surface area contributed by atoms with Gasteiger partial charge in [0.05, 0.1) is 5.60 Å². The van der Waals surface area contributed by atoms with Gasteiger partial charge in [-0.2, -0.15) is 0 Å². The van der Waals surface area contributed by atoms with E-state index >= 15 is 0 Å². The molecule has 0 radical (unpaired) electrons. The Bertz CT molecular complexity index is 174. The van der Waals surface area contributed by atoms with Crippen LogP contribution in [0.1, 0.15) is 65.2 Å². The van der Waals surface area contributed by atoms with E-state index in [1.807, 2.05) is 6.92 Å². The highest BCUT2D eigenvalue weighted by Crippen LogP contribution is 2.25. The van der Waals surface area contributed by atoms with E-state index in [2.05, 4.69) is 12.2 Å². The van der Waals surface area contributed by atoms with E-state index in [1.54, 1.807) is 0 Å². The molecule has 16 heavy (non-hydrogen) atoms. The number of nitrogens with one attached hydrogen (secondary N) is 1. The van der Waals surface area contributed by atoms with E-state index in [4.69, 9.17) is 0 Å². The van der Waals surface area contributed by atoms with Gasteiger partial charge in [0.1, 0.15) is 0 Å². The van der Waals surface area contributed by atoms with Crippen molar-refractivity contribution in [1.29, 1.82) is 0 Å². The molecular formula is C14H29NO. The Morgan fingerprint density at radius 2 is 1.94 bits per heavy atom. The van der Waals surface area contributed by atoms with E-state index in [0.29, 0.717) is 0 Å². The molecule has 0 aromatic carbocycles. The van der Waals surface area contributed by atoms with Crippen LogP contribution in [-0.4, -0.2) is 23.8 Å². The van der Waals surface area contributed by atoms with Crippen LogP contribution in [0.15, 0.2) is 0 Å². The van der Waals surface area contributed by atoms with Crippen molar-refractivity contribution in [2.45, 2.75) is 70.8 Å². The molecule has 1 atom stereocenters. The first-order chi connectivity index (χ1) is 7.64. The average molecular weight is 227 g/mol.